The quantitative estimate of drug-likeness (QED) is 0.618. The summed E-state index contributed by atoms with van der Waals surface area (Å²) in [6, 6.07) is 0. The molecule has 1 aliphatic carbocycles. The average Bonchev–Trinajstić information content (AvgIpc) is 2.57. The molecule has 2 rings (SSSR count). The van der Waals surface area contributed by atoms with Gasteiger partial charge in [-0.1, -0.05) is 12.8 Å². The summed E-state index contributed by atoms with van der Waals surface area (Å²) in [7, 11) is 0. The number of fused-ring (bicyclic) bond motifs is 1. The molecule has 2 aliphatic rings. The van der Waals surface area contributed by atoms with E-state index in [2.05, 4.69) is 4.90 Å². The van der Waals surface area contributed by atoms with Crippen molar-refractivity contribution < 1.29 is 4.79 Å². The van der Waals surface area contributed by atoms with Crippen LogP contribution in [0.3, 0.4) is 0 Å². The number of likely N-dealkylation sites (tertiary alicyclic amines) is 1. The Kier molecular flexibility index (Phi) is 2.99. The van der Waals surface area contributed by atoms with Crippen molar-refractivity contribution in [3.63, 3.8) is 0 Å². The van der Waals surface area contributed by atoms with Crippen molar-refractivity contribution in [3.8, 4) is 0 Å². The van der Waals surface area contributed by atoms with Crippen LogP contribution in [0.2, 0.25) is 0 Å². The van der Waals surface area contributed by atoms with Gasteiger partial charge in [0.05, 0.1) is 0 Å². The van der Waals surface area contributed by atoms with Crippen molar-refractivity contribution in [2.24, 2.45) is 11.8 Å². The number of hydrogen-bond acceptors (Lipinski definition) is 2. The highest BCUT2D eigenvalue weighted by Gasteiger charge is 2.33. The molecule has 0 bridgehead atoms. The summed E-state index contributed by atoms with van der Waals surface area (Å²) >= 11 is 0. The maximum atomic E-state index is 10.2. The Morgan fingerprint density at radius 1 is 1.15 bits per heavy atom. The Hall–Kier alpha value is -0.370. The van der Waals surface area contributed by atoms with Crippen LogP contribution in [0.4, 0.5) is 0 Å². The molecule has 0 spiro atoms. The summed E-state index contributed by atoms with van der Waals surface area (Å²) in [4.78, 5) is 12.7. The van der Waals surface area contributed by atoms with Crippen molar-refractivity contribution in [3.05, 3.63) is 0 Å². The SMILES string of the molecule is O=CCCN1C[C@H]2CCCC[C@H]2C1. The third-order valence-electron chi connectivity index (χ3n) is 3.62. The monoisotopic (exact) mass is 181 g/mol. The predicted octanol–water partition coefficient (Wildman–Crippen LogP) is 1.70. The van der Waals surface area contributed by atoms with Gasteiger partial charge in [0.1, 0.15) is 6.29 Å². The summed E-state index contributed by atoms with van der Waals surface area (Å²) < 4.78 is 0. The third kappa shape index (κ3) is 2.11. The van der Waals surface area contributed by atoms with Gasteiger partial charge in [0, 0.05) is 26.1 Å². The first-order chi connectivity index (χ1) is 6.40. The molecule has 2 nitrogen and oxygen atoms in total. The van der Waals surface area contributed by atoms with E-state index >= 15 is 0 Å². The molecular weight excluding hydrogens is 162 g/mol. The minimum atomic E-state index is 0.722. The second kappa shape index (κ2) is 4.23. The zero-order chi connectivity index (χ0) is 9.10. The Morgan fingerprint density at radius 2 is 1.77 bits per heavy atom. The minimum absolute atomic E-state index is 0.722. The first-order valence-electron chi connectivity index (χ1n) is 5.56. The standard InChI is InChI=1S/C11H19NO/c13-7-3-6-12-8-10-4-1-2-5-11(10)9-12/h7,10-11H,1-6,8-9H2/t10-,11+. The smallest absolute Gasteiger partial charge is 0.121 e. The maximum Gasteiger partial charge on any atom is 0.121 e. The normalized spacial score (nSPS) is 34.5. The van der Waals surface area contributed by atoms with Crippen molar-refractivity contribution in [1.82, 2.24) is 4.90 Å². The van der Waals surface area contributed by atoms with Crippen LogP contribution in [-0.2, 0) is 4.79 Å². The lowest BCUT2D eigenvalue weighted by atomic mass is 9.82. The molecule has 1 aliphatic heterocycles. The number of carbonyl (C=O) groups excluding carboxylic acids is 1. The largest absolute Gasteiger partial charge is 0.303 e. The summed E-state index contributed by atoms with van der Waals surface area (Å²) in [5.41, 5.74) is 0. The number of aldehydes is 1. The second-order valence-corrected chi connectivity index (χ2v) is 4.52. The fraction of sp³-hybridized carbons (Fsp3) is 0.909. The zero-order valence-corrected chi connectivity index (χ0v) is 8.24. The van der Waals surface area contributed by atoms with Crippen LogP contribution in [0.25, 0.3) is 0 Å². The van der Waals surface area contributed by atoms with Crippen LogP contribution in [-0.4, -0.2) is 30.8 Å². The molecule has 0 aromatic rings. The predicted molar refractivity (Wildman–Crippen MR) is 52.6 cm³/mol. The van der Waals surface area contributed by atoms with Gasteiger partial charge in [-0.05, 0) is 24.7 Å². The molecular formula is C11H19NO. The lowest BCUT2D eigenvalue weighted by molar-refractivity contribution is -0.108. The lowest BCUT2D eigenvalue weighted by Crippen LogP contribution is -2.22. The summed E-state index contributed by atoms with van der Waals surface area (Å²) in [5.74, 6) is 1.92. The highest BCUT2D eigenvalue weighted by molar-refractivity contribution is 5.49. The molecule has 2 heteroatoms. The van der Waals surface area contributed by atoms with Gasteiger partial charge in [-0.3, -0.25) is 0 Å². The van der Waals surface area contributed by atoms with Crippen LogP contribution in [0.15, 0.2) is 0 Å². The molecule has 1 saturated heterocycles. The van der Waals surface area contributed by atoms with Gasteiger partial charge >= 0.3 is 0 Å². The number of rotatable bonds is 3. The zero-order valence-electron chi connectivity index (χ0n) is 8.24. The van der Waals surface area contributed by atoms with Crippen molar-refractivity contribution in [2.75, 3.05) is 19.6 Å². The molecule has 0 radical (unpaired) electrons. The van der Waals surface area contributed by atoms with E-state index in [1.807, 2.05) is 0 Å². The molecule has 0 aromatic carbocycles. The van der Waals surface area contributed by atoms with Gasteiger partial charge in [-0.25, -0.2) is 0 Å². The van der Waals surface area contributed by atoms with Crippen molar-refractivity contribution >= 4 is 6.29 Å². The Bertz CT molecular complexity index is 167. The lowest BCUT2D eigenvalue weighted by Gasteiger charge is -2.23. The van der Waals surface area contributed by atoms with Gasteiger partial charge in [0.25, 0.3) is 0 Å². The average molecular weight is 181 g/mol. The fourth-order valence-electron chi connectivity index (χ4n) is 2.92. The van der Waals surface area contributed by atoms with E-state index in [0.29, 0.717) is 0 Å². The molecule has 13 heavy (non-hydrogen) atoms. The first kappa shape index (κ1) is 9.20. The van der Waals surface area contributed by atoms with Crippen LogP contribution < -0.4 is 0 Å². The molecule has 2 fully saturated rings. The Balaban J connectivity index is 1.80. The van der Waals surface area contributed by atoms with Gasteiger partial charge in [-0.15, -0.1) is 0 Å². The van der Waals surface area contributed by atoms with Gasteiger partial charge in [-0.2, -0.15) is 0 Å². The van der Waals surface area contributed by atoms with Gasteiger partial charge in [0.2, 0.25) is 0 Å². The molecule has 0 amide bonds. The van der Waals surface area contributed by atoms with E-state index in [4.69, 9.17) is 0 Å². The van der Waals surface area contributed by atoms with E-state index < -0.39 is 0 Å². The van der Waals surface area contributed by atoms with Crippen molar-refractivity contribution in [2.45, 2.75) is 32.1 Å². The fourth-order valence-corrected chi connectivity index (χ4v) is 2.92. The summed E-state index contributed by atoms with van der Waals surface area (Å²) in [6.07, 6.45) is 7.50. The molecule has 1 saturated carbocycles. The van der Waals surface area contributed by atoms with E-state index in [9.17, 15) is 4.79 Å². The highest BCUT2D eigenvalue weighted by atomic mass is 16.1. The molecule has 0 aromatic heterocycles. The van der Waals surface area contributed by atoms with E-state index in [0.717, 1.165) is 31.1 Å². The molecule has 74 valence electrons. The van der Waals surface area contributed by atoms with E-state index in [1.165, 1.54) is 38.8 Å². The maximum absolute atomic E-state index is 10.2. The molecule has 0 unspecified atom stereocenters. The third-order valence-corrected chi connectivity index (χ3v) is 3.62. The van der Waals surface area contributed by atoms with Crippen LogP contribution in [0.5, 0.6) is 0 Å². The summed E-state index contributed by atoms with van der Waals surface area (Å²) in [6.45, 7) is 3.52. The van der Waals surface area contributed by atoms with Gasteiger partial charge < -0.3 is 9.69 Å². The highest BCUT2D eigenvalue weighted by Crippen LogP contribution is 2.35. The van der Waals surface area contributed by atoms with Crippen LogP contribution in [0, 0.1) is 11.8 Å². The topological polar surface area (TPSA) is 20.3 Å². The number of carbonyl (C=O) groups is 1. The first-order valence-corrected chi connectivity index (χ1v) is 5.56. The molecule has 2 atom stereocenters. The Morgan fingerprint density at radius 3 is 2.31 bits per heavy atom. The Labute approximate surface area is 80.3 Å². The molecule has 0 N–H and O–H groups in total. The number of nitrogens with zero attached hydrogens (tertiary/aromatic N) is 1. The van der Waals surface area contributed by atoms with Crippen LogP contribution in [0.1, 0.15) is 32.1 Å². The van der Waals surface area contributed by atoms with Crippen LogP contribution >= 0.6 is 0 Å². The summed E-state index contributed by atoms with van der Waals surface area (Å²) in [5, 5.41) is 0. The van der Waals surface area contributed by atoms with E-state index in [-0.39, 0.29) is 0 Å². The van der Waals surface area contributed by atoms with Gasteiger partial charge in [0.15, 0.2) is 0 Å². The molecule has 1 heterocycles. The number of hydrogen-bond donors (Lipinski definition) is 0. The minimum Gasteiger partial charge on any atom is -0.303 e. The second-order valence-electron chi connectivity index (χ2n) is 4.52. The van der Waals surface area contributed by atoms with E-state index in [1.54, 1.807) is 0 Å². The van der Waals surface area contributed by atoms with Crippen molar-refractivity contribution in [1.29, 1.82) is 0 Å².